The van der Waals surface area contributed by atoms with E-state index in [4.69, 9.17) is 27.9 Å². The van der Waals surface area contributed by atoms with Gasteiger partial charge in [-0.25, -0.2) is 0 Å². The summed E-state index contributed by atoms with van der Waals surface area (Å²) in [7, 11) is 0. The third-order valence-electron chi connectivity index (χ3n) is 4.11. The molecule has 19 heavy (non-hydrogen) atoms. The number of ether oxygens (including phenoxy) is 1. The minimum absolute atomic E-state index is 0.342. The van der Waals surface area contributed by atoms with Crippen LogP contribution in [0.4, 0.5) is 0 Å². The fraction of sp³-hybridized carbons (Fsp3) is 0.600. The zero-order valence-electron chi connectivity index (χ0n) is 10.9. The third kappa shape index (κ3) is 3.01. The molecule has 3 rings (SSSR count). The molecule has 1 saturated carbocycles. The molecule has 1 aliphatic carbocycles. The second-order valence-electron chi connectivity index (χ2n) is 5.49. The standard InChI is InChI=1S/C15H19Cl2NO/c16-13-6-10-4-5-19-15(10)12(7-13)9-18-8-11-2-1-3-14(11)17/h6-7,11,14,18H,1-5,8-9H2. The molecule has 2 unspecified atom stereocenters. The van der Waals surface area contributed by atoms with Crippen LogP contribution >= 0.6 is 23.2 Å². The highest BCUT2D eigenvalue weighted by Gasteiger charge is 2.25. The van der Waals surface area contributed by atoms with Crippen molar-refractivity contribution in [1.29, 1.82) is 0 Å². The van der Waals surface area contributed by atoms with Gasteiger partial charge in [0.25, 0.3) is 0 Å². The molecule has 1 heterocycles. The van der Waals surface area contributed by atoms with Crippen LogP contribution in [0.2, 0.25) is 5.02 Å². The lowest BCUT2D eigenvalue weighted by Gasteiger charge is -2.15. The average Bonchev–Trinajstić information content (AvgIpc) is 2.98. The Bertz CT molecular complexity index is 464. The molecule has 4 heteroatoms. The van der Waals surface area contributed by atoms with Crippen LogP contribution in [-0.4, -0.2) is 18.5 Å². The summed E-state index contributed by atoms with van der Waals surface area (Å²) in [6.07, 6.45) is 4.63. The van der Waals surface area contributed by atoms with E-state index in [1.807, 2.05) is 12.1 Å². The SMILES string of the molecule is Clc1cc2c(c(CNCC3CCCC3Cl)c1)OCC2. The van der Waals surface area contributed by atoms with E-state index in [1.165, 1.54) is 24.0 Å². The van der Waals surface area contributed by atoms with E-state index in [2.05, 4.69) is 5.32 Å². The van der Waals surface area contributed by atoms with Gasteiger partial charge in [0.15, 0.2) is 0 Å². The zero-order valence-corrected chi connectivity index (χ0v) is 12.4. The number of halogens is 2. The van der Waals surface area contributed by atoms with Crippen LogP contribution < -0.4 is 10.1 Å². The minimum Gasteiger partial charge on any atom is -0.493 e. The van der Waals surface area contributed by atoms with Crippen molar-refractivity contribution >= 4 is 23.2 Å². The Labute approximate surface area is 124 Å². The second kappa shape index (κ2) is 5.90. The van der Waals surface area contributed by atoms with Crippen LogP contribution in [0.25, 0.3) is 0 Å². The Kier molecular flexibility index (Phi) is 4.21. The van der Waals surface area contributed by atoms with Crippen LogP contribution in [0.5, 0.6) is 5.75 Å². The summed E-state index contributed by atoms with van der Waals surface area (Å²) in [5.74, 6) is 1.64. The van der Waals surface area contributed by atoms with Gasteiger partial charge in [-0.1, -0.05) is 18.0 Å². The van der Waals surface area contributed by atoms with E-state index in [-0.39, 0.29) is 0 Å². The molecule has 104 valence electrons. The van der Waals surface area contributed by atoms with Gasteiger partial charge in [-0.05, 0) is 43.0 Å². The molecule has 2 aliphatic rings. The van der Waals surface area contributed by atoms with E-state index < -0.39 is 0 Å². The van der Waals surface area contributed by atoms with Crippen molar-refractivity contribution < 1.29 is 4.74 Å². The van der Waals surface area contributed by atoms with Crippen LogP contribution in [0.1, 0.15) is 30.4 Å². The van der Waals surface area contributed by atoms with E-state index in [9.17, 15) is 0 Å². The van der Waals surface area contributed by atoms with Gasteiger partial charge in [-0.15, -0.1) is 11.6 Å². The lowest BCUT2D eigenvalue weighted by molar-refractivity contribution is 0.351. The molecule has 1 N–H and O–H groups in total. The Morgan fingerprint density at radius 1 is 1.32 bits per heavy atom. The Hall–Kier alpha value is -0.440. The largest absolute Gasteiger partial charge is 0.493 e. The summed E-state index contributed by atoms with van der Waals surface area (Å²) in [6, 6.07) is 4.02. The molecular weight excluding hydrogens is 281 g/mol. The van der Waals surface area contributed by atoms with Gasteiger partial charge in [0.05, 0.1) is 6.61 Å². The van der Waals surface area contributed by atoms with Crippen molar-refractivity contribution in [3.63, 3.8) is 0 Å². The van der Waals surface area contributed by atoms with Gasteiger partial charge in [-0.2, -0.15) is 0 Å². The van der Waals surface area contributed by atoms with Gasteiger partial charge in [0.2, 0.25) is 0 Å². The first-order valence-electron chi connectivity index (χ1n) is 7.03. The quantitative estimate of drug-likeness (QED) is 0.855. The number of hydrogen-bond donors (Lipinski definition) is 1. The lowest BCUT2D eigenvalue weighted by Crippen LogP contribution is -2.25. The topological polar surface area (TPSA) is 21.3 Å². The summed E-state index contributed by atoms with van der Waals surface area (Å²) < 4.78 is 5.70. The molecule has 0 radical (unpaired) electrons. The molecule has 0 aromatic heterocycles. The molecule has 0 bridgehead atoms. The van der Waals surface area contributed by atoms with Gasteiger partial charge < -0.3 is 10.1 Å². The summed E-state index contributed by atoms with van der Waals surface area (Å²) >= 11 is 12.4. The maximum absolute atomic E-state index is 6.29. The van der Waals surface area contributed by atoms with Crippen molar-refractivity contribution in [2.24, 2.45) is 5.92 Å². The van der Waals surface area contributed by atoms with E-state index in [0.29, 0.717) is 11.3 Å². The fourth-order valence-corrected chi connectivity index (χ4v) is 3.72. The molecule has 1 fully saturated rings. The molecule has 1 aliphatic heterocycles. The Balaban J connectivity index is 1.61. The lowest BCUT2D eigenvalue weighted by atomic mass is 10.1. The molecular formula is C15H19Cl2NO. The van der Waals surface area contributed by atoms with Crippen molar-refractivity contribution in [3.8, 4) is 5.75 Å². The van der Waals surface area contributed by atoms with Crippen molar-refractivity contribution in [2.45, 2.75) is 37.6 Å². The Morgan fingerprint density at radius 2 is 2.21 bits per heavy atom. The maximum Gasteiger partial charge on any atom is 0.127 e. The highest BCUT2D eigenvalue weighted by Crippen LogP contribution is 2.33. The summed E-state index contributed by atoms with van der Waals surface area (Å²) in [5, 5.41) is 4.65. The normalized spacial score (nSPS) is 25.4. The summed E-state index contributed by atoms with van der Waals surface area (Å²) in [6.45, 7) is 2.56. The number of benzene rings is 1. The van der Waals surface area contributed by atoms with Crippen LogP contribution in [0, 0.1) is 5.92 Å². The van der Waals surface area contributed by atoms with Crippen molar-refractivity contribution in [2.75, 3.05) is 13.2 Å². The average molecular weight is 300 g/mol. The van der Waals surface area contributed by atoms with Crippen LogP contribution in [-0.2, 0) is 13.0 Å². The predicted octanol–water partition coefficient (Wildman–Crippen LogP) is 3.77. The van der Waals surface area contributed by atoms with Crippen LogP contribution in [0.15, 0.2) is 12.1 Å². The Morgan fingerprint density at radius 3 is 3.00 bits per heavy atom. The molecule has 0 saturated heterocycles. The smallest absolute Gasteiger partial charge is 0.127 e. The van der Waals surface area contributed by atoms with Crippen LogP contribution in [0.3, 0.4) is 0 Å². The van der Waals surface area contributed by atoms with Gasteiger partial charge >= 0.3 is 0 Å². The minimum atomic E-state index is 0.342. The summed E-state index contributed by atoms with van der Waals surface area (Å²) in [5.41, 5.74) is 2.41. The van der Waals surface area contributed by atoms with Gasteiger partial charge in [0, 0.05) is 28.9 Å². The van der Waals surface area contributed by atoms with E-state index in [0.717, 1.165) is 43.3 Å². The molecule has 0 amide bonds. The molecule has 1 aromatic rings. The number of nitrogens with one attached hydrogen (secondary N) is 1. The number of hydrogen-bond acceptors (Lipinski definition) is 2. The highest BCUT2D eigenvalue weighted by atomic mass is 35.5. The first kappa shape index (κ1) is 13.5. The maximum atomic E-state index is 6.29. The zero-order chi connectivity index (χ0) is 13.2. The summed E-state index contributed by atoms with van der Waals surface area (Å²) in [4.78, 5) is 0. The van der Waals surface area contributed by atoms with Crippen molar-refractivity contribution in [3.05, 3.63) is 28.3 Å². The second-order valence-corrected chi connectivity index (χ2v) is 6.49. The number of fused-ring (bicyclic) bond motifs is 1. The van der Waals surface area contributed by atoms with Gasteiger partial charge in [0.1, 0.15) is 5.75 Å². The number of alkyl halides is 1. The van der Waals surface area contributed by atoms with Gasteiger partial charge in [-0.3, -0.25) is 0 Å². The highest BCUT2D eigenvalue weighted by molar-refractivity contribution is 6.30. The first-order valence-corrected chi connectivity index (χ1v) is 7.84. The molecule has 2 atom stereocenters. The number of rotatable bonds is 4. The molecule has 0 spiro atoms. The first-order chi connectivity index (χ1) is 9.24. The molecule has 2 nitrogen and oxygen atoms in total. The molecule has 1 aromatic carbocycles. The van der Waals surface area contributed by atoms with E-state index >= 15 is 0 Å². The predicted molar refractivity (Wildman–Crippen MR) is 79.3 cm³/mol. The monoisotopic (exact) mass is 299 g/mol. The fourth-order valence-electron chi connectivity index (χ4n) is 3.09. The van der Waals surface area contributed by atoms with E-state index in [1.54, 1.807) is 0 Å². The third-order valence-corrected chi connectivity index (χ3v) is 4.91. The van der Waals surface area contributed by atoms with Crippen molar-refractivity contribution in [1.82, 2.24) is 5.32 Å².